The van der Waals surface area contributed by atoms with Crippen LogP contribution in [0, 0.1) is 6.92 Å². The molecule has 0 unspecified atom stereocenters. The highest BCUT2D eigenvalue weighted by Gasteiger charge is 2.31. The first-order chi connectivity index (χ1) is 16.8. The van der Waals surface area contributed by atoms with Crippen molar-refractivity contribution in [2.45, 2.75) is 32.0 Å². The normalized spacial score (nSPS) is 14.1. The smallest absolute Gasteiger partial charge is 0.416 e. The number of oxazole rings is 1. The van der Waals surface area contributed by atoms with Crippen molar-refractivity contribution in [3.63, 3.8) is 0 Å². The van der Waals surface area contributed by atoms with Crippen LogP contribution in [0.5, 0.6) is 0 Å². The van der Waals surface area contributed by atoms with Gasteiger partial charge in [0.1, 0.15) is 11.3 Å². The minimum absolute atomic E-state index is 0.127. The first-order valence-corrected chi connectivity index (χ1v) is 11.0. The highest BCUT2D eigenvalue weighted by molar-refractivity contribution is 5.76. The number of rotatable bonds is 4. The summed E-state index contributed by atoms with van der Waals surface area (Å²) in [5, 5.41) is 0.744. The second-order valence-corrected chi connectivity index (χ2v) is 8.59. The van der Waals surface area contributed by atoms with Crippen LogP contribution >= 0.6 is 0 Å². The largest absolute Gasteiger partial charge is 0.432 e. The Bertz CT molecular complexity index is 1630. The number of pyridine rings is 1. The molecule has 6 rings (SSSR count). The van der Waals surface area contributed by atoms with Crippen molar-refractivity contribution in [2.24, 2.45) is 0 Å². The number of aromatic nitrogens is 5. The lowest BCUT2D eigenvalue weighted by Gasteiger charge is -2.08. The lowest BCUT2D eigenvalue weighted by atomic mass is 10.1. The van der Waals surface area contributed by atoms with E-state index in [1.165, 1.54) is 16.7 Å². The van der Waals surface area contributed by atoms with Gasteiger partial charge >= 0.3 is 11.9 Å². The molecule has 1 fully saturated rings. The summed E-state index contributed by atoms with van der Waals surface area (Å²) in [5.41, 5.74) is 0.933. The van der Waals surface area contributed by atoms with Crippen molar-refractivity contribution >= 4 is 11.0 Å². The Hall–Kier alpha value is -4.21. The van der Waals surface area contributed by atoms with Crippen LogP contribution in [0.4, 0.5) is 13.2 Å². The van der Waals surface area contributed by atoms with E-state index in [0.29, 0.717) is 22.9 Å². The number of nitrogens with zero attached hydrogens (tertiary/aromatic N) is 5. The van der Waals surface area contributed by atoms with Gasteiger partial charge in [-0.3, -0.25) is 4.98 Å². The minimum atomic E-state index is -4.47. The van der Waals surface area contributed by atoms with Gasteiger partial charge in [-0.05, 0) is 55.7 Å². The van der Waals surface area contributed by atoms with E-state index in [4.69, 9.17) is 4.42 Å². The maximum atomic E-state index is 13.1. The number of aryl methyl sites for hydroxylation is 1. The predicted molar refractivity (Wildman–Crippen MR) is 122 cm³/mol. The summed E-state index contributed by atoms with van der Waals surface area (Å²) in [6.07, 6.45) is 2.75. The molecule has 1 aliphatic rings. The summed E-state index contributed by atoms with van der Waals surface area (Å²) in [4.78, 5) is 26.2. The summed E-state index contributed by atoms with van der Waals surface area (Å²) in [5.74, 6) is 0.407. The fourth-order valence-electron chi connectivity index (χ4n) is 4.05. The van der Waals surface area contributed by atoms with Gasteiger partial charge in [0.2, 0.25) is 5.89 Å². The summed E-state index contributed by atoms with van der Waals surface area (Å²) in [6.45, 7) is 1.89. The Labute approximate surface area is 196 Å². The van der Waals surface area contributed by atoms with E-state index in [9.17, 15) is 18.0 Å². The second kappa shape index (κ2) is 7.66. The molecule has 1 aliphatic carbocycles. The summed E-state index contributed by atoms with van der Waals surface area (Å²) < 4.78 is 48.5. The average molecular weight is 477 g/mol. The Morgan fingerprint density at radius 3 is 2.51 bits per heavy atom. The van der Waals surface area contributed by atoms with Crippen LogP contribution in [0.3, 0.4) is 0 Å². The molecule has 1 saturated carbocycles. The van der Waals surface area contributed by atoms with Gasteiger partial charge in [-0.1, -0.05) is 12.1 Å². The molecule has 0 atom stereocenters. The Morgan fingerprint density at radius 1 is 1.06 bits per heavy atom. The maximum Gasteiger partial charge on any atom is 0.416 e. The summed E-state index contributed by atoms with van der Waals surface area (Å²) >= 11 is 0. The van der Waals surface area contributed by atoms with Gasteiger partial charge in [0, 0.05) is 35.6 Å². The number of alkyl halides is 3. The fourth-order valence-corrected chi connectivity index (χ4v) is 4.05. The topological polar surface area (TPSA) is 78.7 Å². The number of halogens is 3. The molecule has 0 saturated heterocycles. The van der Waals surface area contributed by atoms with Crippen LogP contribution in [-0.2, 0) is 6.18 Å². The van der Waals surface area contributed by atoms with E-state index in [0.717, 1.165) is 35.9 Å². The van der Waals surface area contributed by atoms with Gasteiger partial charge in [0.15, 0.2) is 11.6 Å². The SMILES string of the molecule is Cc1ccnc(-c2nc(-n3cc4ccn(C5CC5)c4nc3=O)c(-c3ccc(C(F)(F)F)cc3)o2)c1. The molecule has 1 aromatic carbocycles. The molecular formula is C25H18F3N5O2. The van der Waals surface area contributed by atoms with Crippen molar-refractivity contribution in [3.05, 3.63) is 82.7 Å². The first kappa shape index (κ1) is 21.3. The van der Waals surface area contributed by atoms with Crippen LogP contribution in [-0.4, -0.2) is 24.1 Å². The van der Waals surface area contributed by atoms with E-state index < -0.39 is 17.4 Å². The molecule has 10 heteroatoms. The third-order valence-electron chi connectivity index (χ3n) is 5.98. The molecule has 4 heterocycles. The highest BCUT2D eigenvalue weighted by Crippen LogP contribution is 2.38. The van der Waals surface area contributed by atoms with Crippen molar-refractivity contribution in [1.29, 1.82) is 0 Å². The van der Waals surface area contributed by atoms with Crippen LogP contribution in [0.2, 0.25) is 0 Å². The quantitative estimate of drug-likeness (QED) is 0.338. The van der Waals surface area contributed by atoms with Crippen LogP contribution in [0.25, 0.3) is 39.8 Å². The maximum absolute atomic E-state index is 13.1. The Balaban J connectivity index is 1.53. The third-order valence-corrected chi connectivity index (χ3v) is 5.98. The third kappa shape index (κ3) is 3.80. The van der Waals surface area contributed by atoms with Gasteiger partial charge in [-0.25, -0.2) is 9.36 Å². The highest BCUT2D eigenvalue weighted by atomic mass is 19.4. The molecule has 0 spiro atoms. The van der Waals surface area contributed by atoms with E-state index in [1.807, 2.05) is 29.8 Å². The van der Waals surface area contributed by atoms with Crippen molar-refractivity contribution in [2.75, 3.05) is 0 Å². The molecule has 4 aromatic heterocycles. The Morgan fingerprint density at radius 2 is 1.83 bits per heavy atom. The summed E-state index contributed by atoms with van der Waals surface area (Å²) in [6, 6.07) is 10.3. The van der Waals surface area contributed by atoms with Crippen LogP contribution < -0.4 is 5.69 Å². The van der Waals surface area contributed by atoms with Crippen molar-refractivity contribution < 1.29 is 17.6 Å². The zero-order chi connectivity index (χ0) is 24.3. The molecule has 7 nitrogen and oxygen atoms in total. The molecule has 0 amide bonds. The van der Waals surface area contributed by atoms with Gasteiger partial charge in [-0.15, -0.1) is 0 Å². The van der Waals surface area contributed by atoms with E-state index >= 15 is 0 Å². The van der Waals surface area contributed by atoms with E-state index in [2.05, 4.69) is 15.0 Å². The molecule has 0 radical (unpaired) electrons. The zero-order valence-corrected chi connectivity index (χ0v) is 18.5. The van der Waals surface area contributed by atoms with Crippen molar-refractivity contribution in [1.82, 2.24) is 24.1 Å². The van der Waals surface area contributed by atoms with Gasteiger partial charge in [0.25, 0.3) is 0 Å². The second-order valence-electron chi connectivity index (χ2n) is 8.59. The number of fused-ring (bicyclic) bond motifs is 1. The monoisotopic (exact) mass is 477 g/mol. The standard InChI is InChI=1S/C25H18F3N5O2/c1-14-8-10-29-19(12-14)23-30-22(20(35-23)15-2-4-17(5-3-15)25(26,27)28)33-13-16-9-11-32(18-6-7-18)21(16)31-24(33)34/h2-5,8-13,18H,6-7H2,1H3. The van der Waals surface area contributed by atoms with E-state index in [-0.39, 0.29) is 17.5 Å². The molecule has 176 valence electrons. The lowest BCUT2D eigenvalue weighted by molar-refractivity contribution is -0.137. The van der Waals surface area contributed by atoms with Gasteiger partial charge in [0.05, 0.1) is 5.56 Å². The lowest BCUT2D eigenvalue weighted by Crippen LogP contribution is -2.22. The summed E-state index contributed by atoms with van der Waals surface area (Å²) in [7, 11) is 0. The molecule has 35 heavy (non-hydrogen) atoms. The van der Waals surface area contributed by atoms with Gasteiger partial charge < -0.3 is 8.98 Å². The zero-order valence-electron chi connectivity index (χ0n) is 18.5. The number of hydrogen-bond acceptors (Lipinski definition) is 5. The van der Waals surface area contributed by atoms with Crippen molar-refractivity contribution in [3.8, 4) is 28.7 Å². The van der Waals surface area contributed by atoms with Crippen LogP contribution in [0.1, 0.15) is 30.0 Å². The predicted octanol–water partition coefficient (Wildman–Crippen LogP) is 5.57. The molecule has 5 aromatic rings. The fraction of sp³-hybridized carbons (Fsp3) is 0.200. The molecule has 0 bridgehead atoms. The number of benzene rings is 1. The molecule has 0 N–H and O–H groups in total. The van der Waals surface area contributed by atoms with Gasteiger partial charge in [-0.2, -0.15) is 23.1 Å². The Kier molecular flexibility index (Phi) is 4.67. The molecule has 0 aliphatic heterocycles. The first-order valence-electron chi connectivity index (χ1n) is 11.0. The minimum Gasteiger partial charge on any atom is -0.432 e. The van der Waals surface area contributed by atoms with E-state index in [1.54, 1.807) is 18.5 Å². The average Bonchev–Trinajstić information content (AvgIpc) is 3.44. The van der Waals surface area contributed by atoms with Crippen LogP contribution in [0.15, 0.2) is 70.3 Å². The molecular weight excluding hydrogens is 459 g/mol. The number of hydrogen-bond donors (Lipinski definition) is 0.